The van der Waals surface area contributed by atoms with Crippen LogP contribution in [0.2, 0.25) is 0 Å². The Balaban J connectivity index is 2.16. The zero-order valence-corrected chi connectivity index (χ0v) is 17.2. The molecular weight excluding hydrogens is 362 g/mol. The van der Waals surface area contributed by atoms with Crippen LogP contribution in [-0.4, -0.2) is 47.8 Å². The van der Waals surface area contributed by atoms with E-state index in [0.717, 1.165) is 24.5 Å². The molecular formula is C22H30F2N2O2. The van der Waals surface area contributed by atoms with Crippen LogP contribution in [0.5, 0.6) is 0 Å². The summed E-state index contributed by atoms with van der Waals surface area (Å²) in [5, 5.41) is 0. The largest absolute Gasteiger partial charge is 0.342 e. The van der Waals surface area contributed by atoms with Crippen LogP contribution in [0.25, 0.3) is 0 Å². The Hall–Kier alpha value is -2.24. The first kappa shape index (κ1) is 22.1. The third-order valence-corrected chi connectivity index (χ3v) is 5.78. The first-order valence-corrected chi connectivity index (χ1v) is 9.90. The molecule has 1 heterocycles. The predicted octanol–water partition coefficient (Wildman–Crippen LogP) is 3.95. The van der Waals surface area contributed by atoms with E-state index < -0.39 is 11.6 Å². The molecule has 28 heavy (non-hydrogen) atoms. The number of hydrogen-bond donors (Lipinski definition) is 0. The minimum atomic E-state index is -0.609. The van der Waals surface area contributed by atoms with Gasteiger partial charge in [0.15, 0.2) is 0 Å². The molecule has 1 aromatic rings. The fraction of sp³-hybridized carbons (Fsp3) is 0.545. The van der Waals surface area contributed by atoms with Crippen molar-refractivity contribution in [3.05, 3.63) is 47.0 Å². The van der Waals surface area contributed by atoms with Crippen molar-refractivity contribution in [1.82, 2.24) is 9.80 Å². The second-order valence-corrected chi connectivity index (χ2v) is 7.47. The smallest absolute Gasteiger partial charge is 0.249 e. The van der Waals surface area contributed by atoms with E-state index in [4.69, 9.17) is 0 Å². The van der Waals surface area contributed by atoms with Gasteiger partial charge in [0, 0.05) is 44.2 Å². The summed E-state index contributed by atoms with van der Waals surface area (Å²) in [5.41, 5.74) is 1.13. The summed E-state index contributed by atoms with van der Waals surface area (Å²) in [5.74, 6) is -1.00. The third-order valence-electron chi connectivity index (χ3n) is 5.78. The Morgan fingerprint density at radius 2 is 1.93 bits per heavy atom. The van der Waals surface area contributed by atoms with Crippen LogP contribution >= 0.6 is 0 Å². The Morgan fingerprint density at radius 3 is 2.46 bits per heavy atom. The summed E-state index contributed by atoms with van der Waals surface area (Å²) in [6, 6.07) is 3.40. The molecule has 1 unspecified atom stereocenters. The molecule has 154 valence electrons. The van der Waals surface area contributed by atoms with Crippen molar-refractivity contribution < 1.29 is 18.4 Å². The molecule has 1 aliphatic heterocycles. The second kappa shape index (κ2) is 9.80. The lowest BCUT2D eigenvalue weighted by molar-refractivity contribution is -0.134. The van der Waals surface area contributed by atoms with Gasteiger partial charge >= 0.3 is 0 Å². The molecule has 0 aliphatic carbocycles. The molecule has 2 amide bonds. The van der Waals surface area contributed by atoms with Crippen molar-refractivity contribution in [2.75, 3.05) is 20.1 Å². The lowest BCUT2D eigenvalue weighted by Crippen LogP contribution is -2.48. The fourth-order valence-electron chi connectivity index (χ4n) is 3.83. The van der Waals surface area contributed by atoms with Gasteiger partial charge in [0.25, 0.3) is 0 Å². The Kier molecular flexibility index (Phi) is 7.72. The monoisotopic (exact) mass is 392 g/mol. The maximum atomic E-state index is 14.2. The van der Waals surface area contributed by atoms with Gasteiger partial charge in [0.2, 0.25) is 11.8 Å². The van der Waals surface area contributed by atoms with Crippen molar-refractivity contribution in [1.29, 1.82) is 0 Å². The summed E-state index contributed by atoms with van der Waals surface area (Å²) in [7, 11) is 1.75. The van der Waals surface area contributed by atoms with Crippen LogP contribution < -0.4 is 0 Å². The first-order chi connectivity index (χ1) is 13.3. The molecule has 1 atom stereocenters. The molecule has 0 bridgehead atoms. The van der Waals surface area contributed by atoms with Gasteiger partial charge in [-0.3, -0.25) is 9.59 Å². The molecule has 1 fully saturated rings. The van der Waals surface area contributed by atoms with E-state index in [0.29, 0.717) is 31.5 Å². The van der Waals surface area contributed by atoms with Crippen molar-refractivity contribution in [3.8, 4) is 0 Å². The van der Waals surface area contributed by atoms with Crippen LogP contribution in [0.15, 0.2) is 29.8 Å². The highest BCUT2D eigenvalue weighted by molar-refractivity contribution is 5.92. The molecule has 4 nitrogen and oxygen atoms in total. The zero-order chi connectivity index (χ0) is 20.8. The SMILES string of the molecule is CC=C(C)C(=O)N1CCC(C(Cc2ccc(F)cc2F)N(C)C(=O)CC)CC1. The number of benzene rings is 1. The van der Waals surface area contributed by atoms with E-state index in [2.05, 4.69) is 0 Å². The number of likely N-dealkylation sites (tertiary alicyclic amines) is 1. The zero-order valence-electron chi connectivity index (χ0n) is 17.2. The number of likely N-dealkylation sites (N-methyl/N-ethyl adjacent to an activating group) is 1. The van der Waals surface area contributed by atoms with Crippen LogP contribution in [-0.2, 0) is 16.0 Å². The van der Waals surface area contributed by atoms with E-state index >= 15 is 0 Å². The number of nitrogens with zero attached hydrogens (tertiary/aromatic N) is 2. The van der Waals surface area contributed by atoms with E-state index in [1.165, 1.54) is 12.1 Å². The quantitative estimate of drug-likeness (QED) is 0.688. The first-order valence-electron chi connectivity index (χ1n) is 9.90. The number of amides is 2. The van der Waals surface area contributed by atoms with Gasteiger partial charge in [0.1, 0.15) is 11.6 Å². The van der Waals surface area contributed by atoms with Crippen LogP contribution in [0.3, 0.4) is 0 Å². The van der Waals surface area contributed by atoms with E-state index in [-0.39, 0.29) is 23.8 Å². The molecule has 0 radical (unpaired) electrons. The molecule has 0 spiro atoms. The molecule has 6 heteroatoms. The van der Waals surface area contributed by atoms with Crippen LogP contribution in [0, 0.1) is 17.6 Å². The average Bonchev–Trinajstić information content (AvgIpc) is 2.71. The molecule has 1 saturated heterocycles. The Labute approximate surface area is 166 Å². The number of halogens is 2. The number of hydrogen-bond acceptors (Lipinski definition) is 2. The van der Waals surface area contributed by atoms with Gasteiger partial charge in [-0.25, -0.2) is 8.78 Å². The highest BCUT2D eigenvalue weighted by Crippen LogP contribution is 2.28. The van der Waals surface area contributed by atoms with Crippen LogP contribution in [0.4, 0.5) is 8.78 Å². The van der Waals surface area contributed by atoms with Gasteiger partial charge in [0.05, 0.1) is 0 Å². The Morgan fingerprint density at radius 1 is 1.29 bits per heavy atom. The summed E-state index contributed by atoms with van der Waals surface area (Å²) < 4.78 is 27.5. The van der Waals surface area contributed by atoms with E-state index in [1.54, 1.807) is 18.9 Å². The summed E-state index contributed by atoms with van der Waals surface area (Å²) in [6.45, 7) is 6.69. The second-order valence-electron chi connectivity index (χ2n) is 7.47. The minimum absolute atomic E-state index is 0.00390. The van der Waals surface area contributed by atoms with Gasteiger partial charge < -0.3 is 9.80 Å². The van der Waals surface area contributed by atoms with Gasteiger partial charge in [-0.15, -0.1) is 0 Å². The van der Waals surface area contributed by atoms with Crippen LogP contribution in [0.1, 0.15) is 45.6 Å². The molecule has 0 saturated carbocycles. The highest BCUT2D eigenvalue weighted by Gasteiger charge is 2.33. The molecule has 0 aromatic heterocycles. The van der Waals surface area contributed by atoms with Gasteiger partial charge in [-0.1, -0.05) is 19.1 Å². The lowest BCUT2D eigenvalue weighted by atomic mass is 9.84. The highest BCUT2D eigenvalue weighted by atomic mass is 19.1. The van der Waals surface area contributed by atoms with Gasteiger partial charge in [-0.2, -0.15) is 0 Å². The standard InChI is InChI=1S/C22H30F2N2O2/c1-5-15(3)22(28)26-11-9-16(10-12-26)20(25(4)21(27)6-2)13-17-7-8-18(23)14-19(17)24/h5,7-8,14,16,20H,6,9-13H2,1-4H3. The lowest BCUT2D eigenvalue weighted by Gasteiger charge is -2.40. The van der Waals surface area contributed by atoms with E-state index in [9.17, 15) is 18.4 Å². The summed E-state index contributed by atoms with van der Waals surface area (Å²) in [4.78, 5) is 28.2. The Bertz CT molecular complexity index is 740. The summed E-state index contributed by atoms with van der Waals surface area (Å²) >= 11 is 0. The number of carbonyl (C=O) groups excluding carboxylic acids is 2. The maximum absolute atomic E-state index is 14.2. The molecule has 0 N–H and O–H groups in total. The normalized spacial score (nSPS) is 16.8. The topological polar surface area (TPSA) is 40.6 Å². The molecule has 2 rings (SSSR count). The number of piperidine rings is 1. The molecule has 1 aromatic carbocycles. The predicted molar refractivity (Wildman–Crippen MR) is 106 cm³/mol. The molecule has 1 aliphatic rings. The van der Waals surface area contributed by atoms with Crippen molar-refractivity contribution in [3.63, 3.8) is 0 Å². The number of allylic oxidation sites excluding steroid dienone is 1. The van der Waals surface area contributed by atoms with E-state index in [1.807, 2.05) is 24.8 Å². The number of rotatable bonds is 6. The maximum Gasteiger partial charge on any atom is 0.249 e. The van der Waals surface area contributed by atoms with Crippen molar-refractivity contribution >= 4 is 11.8 Å². The summed E-state index contributed by atoms with van der Waals surface area (Å²) in [6.07, 6.45) is 4.01. The third kappa shape index (κ3) is 5.18. The van der Waals surface area contributed by atoms with Gasteiger partial charge in [-0.05, 0) is 50.7 Å². The van der Waals surface area contributed by atoms with Crippen molar-refractivity contribution in [2.24, 2.45) is 5.92 Å². The number of carbonyl (C=O) groups is 2. The average molecular weight is 392 g/mol. The minimum Gasteiger partial charge on any atom is -0.342 e. The fourth-order valence-corrected chi connectivity index (χ4v) is 3.83. The van der Waals surface area contributed by atoms with Crippen molar-refractivity contribution in [2.45, 2.75) is 52.5 Å².